The number of methoxy groups -OCH3 is 3. The number of benzene rings is 3. The predicted octanol–water partition coefficient (Wildman–Crippen LogP) is 6.10. The van der Waals surface area contributed by atoms with Crippen molar-refractivity contribution in [2.45, 2.75) is 12.8 Å². The molecule has 0 spiro atoms. The van der Waals surface area contributed by atoms with E-state index in [2.05, 4.69) is 5.32 Å². The first kappa shape index (κ1) is 29.3. The number of nitro benzene ring substituents is 1. The third kappa shape index (κ3) is 5.93. The van der Waals surface area contributed by atoms with Gasteiger partial charge in [-0.25, -0.2) is 9.78 Å². The largest absolute Gasteiger partial charge is 0.493 e. The summed E-state index contributed by atoms with van der Waals surface area (Å²) in [6, 6.07) is 14.5. The highest BCUT2D eigenvalue weighted by molar-refractivity contribution is 6.34. The van der Waals surface area contributed by atoms with Crippen LogP contribution in [-0.4, -0.2) is 49.7 Å². The molecule has 1 aliphatic carbocycles. The molecule has 1 N–H and O–H groups in total. The van der Waals surface area contributed by atoms with Gasteiger partial charge in [0.05, 0.1) is 53.7 Å². The van der Waals surface area contributed by atoms with Gasteiger partial charge in [0.25, 0.3) is 11.6 Å². The maximum atomic E-state index is 13.5. The Morgan fingerprint density at radius 2 is 1.74 bits per heavy atom. The number of nitrogens with zero attached hydrogens (tertiary/aromatic N) is 2. The van der Waals surface area contributed by atoms with Crippen LogP contribution in [-0.2, 0) is 16.0 Å². The smallest absolute Gasteiger partial charge is 0.339 e. The summed E-state index contributed by atoms with van der Waals surface area (Å²) in [7, 11) is 4.63. The van der Waals surface area contributed by atoms with E-state index < -0.39 is 23.4 Å². The van der Waals surface area contributed by atoms with E-state index in [0.29, 0.717) is 52.3 Å². The van der Waals surface area contributed by atoms with Gasteiger partial charge in [0.15, 0.2) is 18.1 Å². The number of nitrogens with one attached hydrogen (secondary N) is 1. The van der Waals surface area contributed by atoms with E-state index in [9.17, 15) is 19.7 Å². The lowest BCUT2D eigenvalue weighted by molar-refractivity contribution is -0.384. The van der Waals surface area contributed by atoms with Gasteiger partial charge in [0.2, 0.25) is 5.75 Å². The molecule has 0 radical (unpaired) electrons. The molecular formula is C31H26ClN3O8. The van der Waals surface area contributed by atoms with Crippen molar-refractivity contribution in [3.8, 4) is 17.2 Å². The van der Waals surface area contributed by atoms with Gasteiger partial charge in [0.1, 0.15) is 0 Å². The molecule has 3 aromatic carbocycles. The van der Waals surface area contributed by atoms with Gasteiger partial charge in [-0.05, 0) is 59.9 Å². The average molecular weight is 604 g/mol. The first-order chi connectivity index (χ1) is 20.7. The summed E-state index contributed by atoms with van der Waals surface area (Å²) in [6.45, 7) is -0.592. The second-order valence-corrected chi connectivity index (χ2v) is 9.91. The Morgan fingerprint density at radius 1 is 1.02 bits per heavy atom. The summed E-state index contributed by atoms with van der Waals surface area (Å²) >= 11 is 6.07. The van der Waals surface area contributed by atoms with Crippen molar-refractivity contribution in [3.05, 3.63) is 92.1 Å². The number of fused-ring (bicyclic) bond motifs is 2. The van der Waals surface area contributed by atoms with Crippen molar-refractivity contribution in [1.82, 2.24) is 4.98 Å². The summed E-state index contributed by atoms with van der Waals surface area (Å²) in [4.78, 5) is 41.3. The number of para-hydroxylation sites is 1. The monoisotopic (exact) mass is 603 g/mol. The summed E-state index contributed by atoms with van der Waals surface area (Å²) in [5, 5.41) is 14.0. The molecule has 0 bridgehead atoms. The average Bonchev–Trinajstić information content (AvgIpc) is 3.40. The van der Waals surface area contributed by atoms with Crippen LogP contribution in [0.5, 0.6) is 17.2 Å². The molecule has 4 aromatic rings. The Morgan fingerprint density at radius 3 is 2.40 bits per heavy atom. The van der Waals surface area contributed by atoms with Crippen LogP contribution in [0.25, 0.3) is 22.6 Å². The Hall–Kier alpha value is -5.16. The summed E-state index contributed by atoms with van der Waals surface area (Å²) in [5.41, 5.74) is 4.00. The van der Waals surface area contributed by atoms with Crippen molar-refractivity contribution in [2.75, 3.05) is 33.3 Å². The van der Waals surface area contributed by atoms with Gasteiger partial charge in [0, 0.05) is 17.5 Å². The van der Waals surface area contributed by atoms with Crippen LogP contribution in [0, 0.1) is 10.1 Å². The number of rotatable bonds is 9. The Balaban J connectivity index is 1.43. The fraction of sp³-hybridized carbons (Fsp3) is 0.194. The minimum atomic E-state index is -0.672. The number of halogens is 1. The zero-order valence-electron chi connectivity index (χ0n) is 23.4. The SMILES string of the molecule is COc1cc(/C=C2/CCc3c2nc2ccccc2c3C(=O)OCC(=O)Nc2ccc([N+](=O)[O-])cc2Cl)cc(OC)c1OC. The van der Waals surface area contributed by atoms with E-state index in [1.54, 1.807) is 26.4 Å². The maximum absolute atomic E-state index is 13.5. The molecule has 1 aliphatic rings. The lowest BCUT2D eigenvalue weighted by atomic mass is 10.0. The molecular weight excluding hydrogens is 578 g/mol. The normalized spacial score (nSPS) is 13.0. The van der Waals surface area contributed by atoms with Crippen molar-refractivity contribution in [1.29, 1.82) is 0 Å². The number of carbonyl (C=O) groups excluding carboxylic acids is 2. The first-order valence-corrected chi connectivity index (χ1v) is 13.4. The molecule has 12 heteroatoms. The number of nitro groups is 1. The number of ether oxygens (including phenoxy) is 4. The van der Waals surface area contributed by atoms with E-state index in [1.807, 2.05) is 30.3 Å². The molecule has 43 heavy (non-hydrogen) atoms. The zero-order valence-corrected chi connectivity index (χ0v) is 24.2. The lowest BCUT2D eigenvalue weighted by Gasteiger charge is -2.14. The highest BCUT2D eigenvalue weighted by Gasteiger charge is 2.28. The minimum Gasteiger partial charge on any atom is -0.493 e. The second-order valence-electron chi connectivity index (χ2n) is 9.50. The molecule has 11 nitrogen and oxygen atoms in total. The lowest BCUT2D eigenvalue weighted by Crippen LogP contribution is -2.22. The quantitative estimate of drug-likeness (QED) is 0.136. The van der Waals surface area contributed by atoms with Crippen molar-refractivity contribution >= 4 is 57.4 Å². The molecule has 0 atom stereocenters. The molecule has 1 aromatic heterocycles. The zero-order chi connectivity index (χ0) is 30.7. The minimum absolute atomic E-state index is 0.0155. The molecule has 1 amide bonds. The molecule has 0 aliphatic heterocycles. The van der Waals surface area contributed by atoms with E-state index >= 15 is 0 Å². The number of anilines is 1. The number of non-ortho nitro benzene ring substituents is 1. The van der Waals surface area contributed by atoms with Crippen LogP contribution in [0.2, 0.25) is 5.02 Å². The van der Waals surface area contributed by atoms with Crippen LogP contribution in [0.15, 0.2) is 54.6 Å². The number of pyridine rings is 1. The fourth-order valence-corrected chi connectivity index (χ4v) is 5.23. The Labute approximate surface area is 251 Å². The fourth-order valence-electron chi connectivity index (χ4n) is 5.01. The summed E-state index contributed by atoms with van der Waals surface area (Å²) in [6.07, 6.45) is 3.13. The highest BCUT2D eigenvalue weighted by atomic mass is 35.5. The van der Waals surface area contributed by atoms with Crippen molar-refractivity contribution in [2.24, 2.45) is 0 Å². The maximum Gasteiger partial charge on any atom is 0.339 e. The third-order valence-corrected chi connectivity index (χ3v) is 7.26. The van der Waals surface area contributed by atoms with Gasteiger partial charge in [-0.15, -0.1) is 0 Å². The van der Waals surface area contributed by atoms with Crippen LogP contribution in [0.3, 0.4) is 0 Å². The Kier molecular flexibility index (Phi) is 8.44. The van der Waals surface area contributed by atoms with Gasteiger partial charge >= 0.3 is 5.97 Å². The molecule has 1 heterocycles. The molecule has 220 valence electrons. The van der Waals surface area contributed by atoms with E-state index in [1.165, 1.54) is 19.2 Å². The summed E-state index contributed by atoms with van der Waals surface area (Å²) in [5.74, 6) is 0.177. The van der Waals surface area contributed by atoms with Crippen molar-refractivity contribution in [3.63, 3.8) is 0 Å². The Bertz CT molecular complexity index is 1780. The topological polar surface area (TPSA) is 139 Å². The number of esters is 1. The number of carbonyl (C=O) groups is 2. The number of amides is 1. The van der Waals surface area contributed by atoms with E-state index in [4.69, 9.17) is 35.5 Å². The predicted molar refractivity (Wildman–Crippen MR) is 161 cm³/mol. The standard InChI is InChI=1S/C31H26ClN3O8/c1-40-25-13-17(14-26(41-2)30(25)42-3)12-18-8-10-21-28(20-6-4-5-7-23(20)34-29(18)21)31(37)43-16-27(36)33-24-11-9-19(35(38)39)15-22(24)32/h4-7,9,11-15H,8,10,16H2,1-3H3,(H,33,36)/b18-12-. The molecule has 0 saturated carbocycles. The first-order valence-electron chi connectivity index (χ1n) is 13.1. The highest BCUT2D eigenvalue weighted by Crippen LogP contribution is 2.41. The van der Waals surface area contributed by atoms with E-state index in [0.717, 1.165) is 22.8 Å². The van der Waals surface area contributed by atoms with E-state index in [-0.39, 0.29) is 16.4 Å². The van der Waals surface area contributed by atoms with Crippen LogP contribution < -0.4 is 19.5 Å². The van der Waals surface area contributed by atoms with Gasteiger partial charge in [-0.3, -0.25) is 14.9 Å². The van der Waals surface area contributed by atoms with Gasteiger partial charge < -0.3 is 24.3 Å². The number of hydrogen-bond donors (Lipinski definition) is 1. The third-order valence-electron chi connectivity index (χ3n) is 6.95. The molecule has 5 rings (SSSR count). The van der Waals surface area contributed by atoms with Gasteiger partial charge in [-0.1, -0.05) is 29.8 Å². The molecule has 0 unspecified atom stereocenters. The van der Waals surface area contributed by atoms with Crippen LogP contribution in [0.4, 0.5) is 11.4 Å². The molecule has 0 saturated heterocycles. The van der Waals surface area contributed by atoms with Crippen LogP contribution in [0.1, 0.15) is 33.6 Å². The van der Waals surface area contributed by atoms with Crippen molar-refractivity contribution < 1.29 is 33.5 Å². The van der Waals surface area contributed by atoms with Crippen LogP contribution >= 0.6 is 11.6 Å². The van der Waals surface area contributed by atoms with Gasteiger partial charge in [-0.2, -0.15) is 0 Å². The number of aromatic nitrogens is 1. The molecule has 0 fully saturated rings. The summed E-state index contributed by atoms with van der Waals surface area (Å²) < 4.78 is 21.8. The second kappa shape index (κ2) is 12.4. The number of allylic oxidation sites excluding steroid dienone is 1. The number of hydrogen-bond acceptors (Lipinski definition) is 9.